The molecule has 0 radical (unpaired) electrons. The van der Waals surface area contributed by atoms with Crippen molar-refractivity contribution >= 4 is 5.69 Å². The van der Waals surface area contributed by atoms with Gasteiger partial charge in [-0.15, -0.1) is 0 Å². The molecule has 1 aliphatic rings. The number of aryl methyl sites for hydroxylation is 1. The van der Waals surface area contributed by atoms with E-state index in [0.29, 0.717) is 11.6 Å². The van der Waals surface area contributed by atoms with Crippen LogP contribution in [0, 0.1) is 18.3 Å². The number of rotatable bonds is 3. The van der Waals surface area contributed by atoms with Crippen LogP contribution in [0.3, 0.4) is 0 Å². The number of benzene rings is 1. The highest BCUT2D eigenvalue weighted by Gasteiger charge is 2.23. The van der Waals surface area contributed by atoms with Gasteiger partial charge in [0.1, 0.15) is 0 Å². The van der Waals surface area contributed by atoms with Crippen molar-refractivity contribution in [2.75, 3.05) is 18.1 Å². The fourth-order valence-electron chi connectivity index (χ4n) is 2.81. The van der Waals surface area contributed by atoms with Crippen LogP contribution in [0.1, 0.15) is 36.8 Å². The fraction of sp³-hybridized carbons (Fsp3) is 0.533. The van der Waals surface area contributed by atoms with E-state index in [4.69, 9.17) is 10.4 Å². The van der Waals surface area contributed by atoms with Crippen LogP contribution in [0.5, 0.6) is 0 Å². The summed E-state index contributed by atoms with van der Waals surface area (Å²) >= 11 is 0. The Labute approximate surface area is 109 Å². The Kier molecular flexibility index (Phi) is 4.22. The van der Waals surface area contributed by atoms with Crippen LogP contribution in [0.25, 0.3) is 0 Å². The van der Waals surface area contributed by atoms with Gasteiger partial charge in [-0.3, -0.25) is 0 Å². The topological polar surface area (TPSA) is 47.3 Å². The summed E-state index contributed by atoms with van der Waals surface area (Å²) < 4.78 is 0. The predicted octanol–water partition coefficient (Wildman–Crippen LogP) is 2.61. The maximum absolute atomic E-state index is 9.16. The lowest BCUT2D eigenvalue weighted by atomic mass is 9.97. The molecule has 1 unspecified atom stereocenters. The molecule has 0 spiro atoms. The minimum Gasteiger partial charge on any atom is -0.396 e. The van der Waals surface area contributed by atoms with Gasteiger partial charge in [-0.25, -0.2) is 0 Å². The lowest BCUT2D eigenvalue weighted by Gasteiger charge is -2.38. The Balaban J connectivity index is 2.25. The van der Waals surface area contributed by atoms with Crippen molar-refractivity contribution in [2.24, 2.45) is 0 Å². The number of aliphatic hydroxyl groups excluding tert-OH is 1. The average molecular weight is 244 g/mol. The lowest BCUT2D eigenvalue weighted by Crippen LogP contribution is -2.40. The largest absolute Gasteiger partial charge is 0.396 e. The number of nitriles is 1. The van der Waals surface area contributed by atoms with Crippen LogP contribution in [0.15, 0.2) is 18.2 Å². The number of anilines is 1. The first kappa shape index (κ1) is 12.9. The maximum atomic E-state index is 9.16. The highest BCUT2D eigenvalue weighted by atomic mass is 16.3. The average Bonchev–Trinajstić information content (AvgIpc) is 2.40. The fourth-order valence-corrected chi connectivity index (χ4v) is 2.81. The summed E-state index contributed by atoms with van der Waals surface area (Å²) in [4.78, 5) is 2.40. The first-order valence-electron chi connectivity index (χ1n) is 6.64. The summed E-state index contributed by atoms with van der Waals surface area (Å²) in [6.07, 6.45) is 4.44. The molecule has 0 aliphatic carbocycles. The van der Waals surface area contributed by atoms with E-state index in [1.165, 1.54) is 18.5 Å². The molecule has 0 saturated carbocycles. The smallest absolute Gasteiger partial charge is 0.0991 e. The second-order valence-electron chi connectivity index (χ2n) is 4.97. The van der Waals surface area contributed by atoms with Crippen molar-refractivity contribution in [1.82, 2.24) is 0 Å². The van der Waals surface area contributed by atoms with Gasteiger partial charge >= 0.3 is 0 Å². The van der Waals surface area contributed by atoms with Crippen LogP contribution in [0.2, 0.25) is 0 Å². The first-order chi connectivity index (χ1) is 8.76. The van der Waals surface area contributed by atoms with Gasteiger partial charge in [0.2, 0.25) is 0 Å². The van der Waals surface area contributed by atoms with Crippen LogP contribution in [-0.2, 0) is 0 Å². The van der Waals surface area contributed by atoms with Gasteiger partial charge in [0.15, 0.2) is 0 Å². The van der Waals surface area contributed by atoms with E-state index < -0.39 is 0 Å². The molecule has 96 valence electrons. The molecule has 0 amide bonds. The van der Waals surface area contributed by atoms with Gasteiger partial charge in [0, 0.05) is 24.9 Å². The minimum absolute atomic E-state index is 0.247. The summed E-state index contributed by atoms with van der Waals surface area (Å²) in [6.45, 7) is 3.36. The van der Waals surface area contributed by atoms with E-state index in [1.54, 1.807) is 0 Å². The maximum Gasteiger partial charge on any atom is 0.0991 e. The monoisotopic (exact) mass is 244 g/mol. The molecule has 1 fully saturated rings. The molecule has 3 nitrogen and oxygen atoms in total. The molecule has 0 aromatic heterocycles. The number of nitrogens with zero attached hydrogens (tertiary/aromatic N) is 2. The van der Waals surface area contributed by atoms with Crippen molar-refractivity contribution in [3.8, 4) is 6.07 Å². The number of hydrogen-bond acceptors (Lipinski definition) is 3. The molecule has 1 aromatic carbocycles. The van der Waals surface area contributed by atoms with E-state index in [0.717, 1.165) is 24.9 Å². The van der Waals surface area contributed by atoms with E-state index in [9.17, 15) is 0 Å². The van der Waals surface area contributed by atoms with Crippen LogP contribution < -0.4 is 4.90 Å². The summed E-state index contributed by atoms with van der Waals surface area (Å²) in [5.74, 6) is 0. The third kappa shape index (κ3) is 2.65. The molecule has 1 N–H and O–H groups in total. The Hall–Kier alpha value is -1.53. The predicted molar refractivity (Wildman–Crippen MR) is 72.6 cm³/mol. The Morgan fingerprint density at radius 1 is 1.44 bits per heavy atom. The van der Waals surface area contributed by atoms with E-state index in [1.807, 2.05) is 18.2 Å². The third-order valence-electron chi connectivity index (χ3n) is 3.72. The highest BCUT2D eigenvalue weighted by molar-refractivity contribution is 5.57. The van der Waals surface area contributed by atoms with Crippen molar-refractivity contribution in [3.63, 3.8) is 0 Å². The quantitative estimate of drug-likeness (QED) is 0.889. The molecule has 1 atom stereocenters. The molecule has 1 aromatic rings. The van der Waals surface area contributed by atoms with Crippen molar-refractivity contribution in [2.45, 2.75) is 38.6 Å². The number of piperidine rings is 1. The van der Waals surface area contributed by atoms with Gasteiger partial charge in [-0.1, -0.05) is 0 Å². The van der Waals surface area contributed by atoms with Gasteiger partial charge < -0.3 is 10.0 Å². The standard InChI is InChI=1S/C15H20N2O/c1-12-10-13(11-16)5-6-15(12)17-8-3-2-4-14(17)7-9-18/h5-6,10,14,18H,2-4,7-9H2,1H3. The summed E-state index contributed by atoms with van der Waals surface area (Å²) in [5.41, 5.74) is 3.08. The van der Waals surface area contributed by atoms with Crippen molar-refractivity contribution < 1.29 is 5.11 Å². The van der Waals surface area contributed by atoms with Crippen LogP contribution >= 0.6 is 0 Å². The van der Waals surface area contributed by atoms with E-state index >= 15 is 0 Å². The first-order valence-corrected chi connectivity index (χ1v) is 6.64. The number of hydrogen-bond donors (Lipinski definition) is 1. The molecule has 18 heavy (non-hydrogen) atoms. The normalized spacial score (nSPS) is 19.6. The summed E-state index contributed by atoms with van der Waals surface area (Å²) in [6, 6.07) is 8.49. The summed E-state index contributed by atoms with van der Waals surface area (Å²) in [5, 5.41) is 18.1. The van der Waals surface area contributed by atoms with Gasteiger partial charge in [-0.2, -0.15) is 5.26 Å². The molecule has 1 saturated heterocycles. The SMILES string of the molecule is Cc1cc(C#N)ccc1N1CCCCC1CCO. The van der Waals surface area contributed by atoms with Crippen LogP contribution in [0.4, 0.5) is 5.69 Å². The molecule has 2 rings (SSSR count). The van der Waals surface area contributed by atoms with Gasteiger partial charge in [0.25, 0.3) is 0 Å². The second kappa shape index (κ2) is 5.88. The van der Waals surface area contributed by atoms with Crippen LogP contribution in [-0.4, -0.2) is 24.3 Å². The molecule has 1 heterocycles. The second-order valence-corrected chi connectivity index (χ2v) is 4.97. The Morgan fingerprint density at radius 2 is 2.28 bits per heavy atom. The Morgan fingerprint density at radius 3 is 2.94 bits per heavy atom. The third-order valence-corrected chi connectivity index (χ3v) is 3.72. The number of aliphatic hydroxyl groups is 1. The molecule has 3 heteroatoms. The zero-order chi connectivity index (χ0) is 13.0. The molecule has 1 aliphatic heterocycles. The van der Waals surface area contributed by atoms with Gasteiger partial charge in [0.05, 0.1) is 11.6 Å². The zero-order valence-corrected chi connectivity index (χ0v) is 10.9. The molecule has 0 bridgehead atoms. The zero-order valence-electron chi connectivity index (χ0n) is 10.9. The highest BCUT2D eigenvalue weighted by Crippen LogP contribution is 2.29. The van der Waals surface area contributed by atoms with Crippen molar-refractivity contribution in [3.05, 3.63) is 29.3 Å². The van der Waals surface area contributed by atoms with Gasteiger partial charge in [-0.05, 0) is 56.4 Å². The van der Waals surface area contributed by atoms with E-state index in [-0.39, 0.29) is 6.61 Å². The molecular formula is C15H20N2O. The minimum atomic E-state index is 0.247. The molecular weight excluding hydrogens is 224 g/mol. The lowest BCUT2D eigenvalue weighted by molar-refractivity contribution is 0.262. The Bertz CT molecular complexity index is 448. The van der Waals surface area contributed by atoms with Crippen molar-refractivity contribution in [1.29, 1.82) is 5.26 Å². The summed E-state index contributed by atoms with van der Waals surface area (Å²) in [7, 11) is 0. The van der Waals surface area contributed by atoms with E-state index in [2.05, 4.69) is 17.9 Å².